The molecule has 0 radical (unpaired) electrons. The van der Waals surface area contributed by atoms with Crippen LogP contribution in [0.5, 0.6) is 0 Å². The predicted molar refractivity (Wildman–Crippen MR) is 52.8 cm³/mol. The van der Waals surface area contributed by atoms with Gasteiger partial charge in [-0.3, -0.25) is 5.10 Å². The van der Waals surface area contributed by atoms with Gasteiger partial charge in [-0.2, -0.15) is 5.10 Å². The molecule has 0 aliphatic carbocycles. The lowest BCUT2D eigenvalue weighted by Gasteiger charge is -2.00. The van der Waals surface area contributed by atoms with Crippen molar-refractivity contribution in [1.29, 1.82) is 0 Å². The largest absolute Gasteiger partial charge is 0.378 e. The van der Waals surface area contributed by atoms with Crippen LogP contribution in [0.2, 0.25) is 0 Å². The van der Waals surface area contributed by atoms with Crippen molar-refractivity contribution in [2.75, 3.05) is 5.32 Å². The van der Waals surface area contributed by atoms with E-state index in [1.165, 1.54) is 4.88 Å². The number of aromatic nitrogens is 3. The van der Waals surface area contributed by atoms with E-state index in [0.29, 0.717) is 0 Å². The zero-order valence-corrected chi connectivity index (χ0v) is 8.06. The van der Waals surface area contributed by atoms with Gasteiger partial charge in [0.25, 0.3) is 0 Å². The number of rotatable bonds is 3. The minimum Gasteiger partial charge on any atom is -0.378 e. The molecule has 0 unspecified atom stereocenters. The van der Waals surface area contributed by atoms with Crippen LogP contribution in [0, 0.1) is 6.92 Å². The van der Waals surface area contributed by atoms with Gasteiger partial charge in [0, 0.05) is 11.1 Å². The van der Waals surface area contributed by atoms with Crippen LogP contribution in [0.15, 0.2) is 17.9 Å². The lowest BCUT2D eigenvalue weighted by Crippen LogP contribution is -1.97. The average molecular weight is 194 g/mol. The molecule has 2 aromatic rings. The molecule has 13 heavy (non-hydrogen) atoms. The second-order valence-electron chi connectivity index (χ2n) is 2.70. The highest BCUT2D eigenvalue weighted by Crippen LogP contribution is 2.13. The molecule has 0 aromatic carbocycles. The van der Waals surface area contributed by atoms with Crippen molar-refractivity contribution >= 4 is 17.0 Å². The van der Waals surface area contributed by atoms with E-state index in [1.54, 1.807) is 17.5 Å². The third-order valence-corrected chi connectivity index (χ3v) is 2.73. The van der Waals surface area contributed by atoms with Gasteiger partial charge in [-0.25, -0.2) is 4.98 Å². The van der Waals surface area contributed by atoms with Crippen molar-refractivity contribution in [3.05, 3.63) is 28.5 Å². The Morgan fingerprint density at radius 3 is 3.15 bits per heavy atom. The molecule has 0 saturated heterocycles. The summed E-state index contributed by atoms with van der Waals surface area (Å²) >= 11 is 1.67. The maximum Gasteiger partial charge on any atom is 0.0798 e. The van der Waals surface area contributed by atoms with Crippen molar-refractivity contribution < 1.29 is 0 Å². The molecule has 2 rings (SSSR count). The van der Waals surface area contributed by atoms with E-state index in [9.17, 15) is 0 Å². The van der Waals surface area contributed by atoms with Gasteiger partial charge in [0.2, 0.25) is 0 Å². The lowest BCUT2D eigenvalue weighted by molar-refractivity contribution is 1.09. The van der Waals surface area contributed by atoms with E-state index < -0.39 is 0 Å². The summed E-state index contributed by atoms with van der Waals surface area (Å²) in [5.41, 5.74) is 3.97. The first-order chi connectivity index (χ1) is 6.36. The van der Waals surface area contributed by atoms with E-state index >= 15 is 0 Å². The summed E-state index contributed by atoms with van der Waals surface area (Å²) in [5.74, 6) is 0. The van der Waals surface area contributed by atoms with Gasteiger partial charge in [-0.1, -0.05) is 0 Å². The van der Waals surface area contributed by atoms with Crippen molar-refractivity contribution in [2.24, 2.45) is 0 Å². The number of H-pyrrole nitrogens is 1. The van der Waals surface area contributed by atoms with Crippen molar-refractivity contribution in [2.45, 2.75) is 13.5 Å². The molecule has 0 atom stereocenters. The SMILES string of the molecule is Cc1ncsc1CNc1cn[nH]c1. The third-order valence-electron chi connectivity index (χ3n) is 1.80. The molecule has 5 heteroatoms. The second kappa shape index (κ2) is 3.57. The van der Waals surface area contributed by atoms with Crippen LogP contribution >= 0.6 is 11.3 Å². The maximum atomic E-state index is 4.17. The zero-order valence-electron chi connectivity index (χ0n) is 7.24. The van der Waals surface area contributed by atoms with Crippen LogP contribution in [-0.2, 0) is 6.54 Å². The third kappa shape index (κ3) is 1.86. The summed E-state index contributed by atoms with van der Waals surface area (Å²) in [5, 5.41) is 9.84. The summed E-state index contributed by atoms with van der Waals surface area (Å²) in [7, 11) is 0. The monoisotopic (exact) mass is 194 g/mol. The Balaban J connectivity index is 1.97. The van der Waals surface area contributed by atoms with Gasteiger partial charge in [-0.05, 0) is 6.92 Å². The van der Waals surface area contributed by atoms with Crippen molar-refractivity contribution in [1.82, 2.24) is 15.2 Å². The van der Waals surface area contributed by atoms with Crippen LogP contribution in [0.1, 0.15) is 10.6 Å². The average Bonchev–Trinajstić information content (AvgIpc) is 2.72. The molecule has 2 aromatic heterocycles. The molecule has 0 spiro atoms. The van der Waals surface area contributed by atoms with Crippen LogP contribution in [0.25, 0.3) is 0 Å². The fourth-order valence-electron chi connectivity index (χ4n) is 1.03. The summed E-state index contributed by atoms with van der Waals surface area (Å²) in [6.07, 6.45) is 3.59. The van der Waals surface area contributed by atoms with Gasteiger partial charge in [-0.15, -0.1) is 11.3 Å². The minimum absolute atomic E-state index is 0.816. The Hall–Kier alpha value is -1.36. The quantitative estimate of drug-likeness (QED) is 0.783. The summed E-state index contributed by atoms with van der Waals surface area (Å²) in [4.78, 5) is 5.44. The molecule has 0 fully saturated rings. The van der Waals surface area contributed by atoms with Crippen molar-refractivity contribution in [3.8, 4) is 0 Å². The van der Waals surface area contributed by atoms with E-state index in [0.717, 1.165) is 17.9 Å². The van der Waals surface area contributed by atoms with Gasteiger partial charge >= 0.3 is 0 Å². The molecule has 0 aliphatic heterocycles. The van der Waals surface area contributed by atoms with E-state index in [4.69, 9.17) is 0 Å². The standard InChI is InChI=1S/C8H10N4S/c1-6-8(13-5-10-6)4-9-7-2-11-12-3-7/h2-3,5,9H,4H2,1H3,(H,11,12). The molecule has 0 saturated carbocycles. The lowest BCUT2D eigenvalue weighted by atomic mass is 10.4. The molecule has 4 nitrogen and oxygen atoms in total. The van der Waals surface area contributed by atoms with Gasteiger partial charge in [0.05, 0.1) is 29.6 Å². The molecular weight excluding hydrogens is 184 g/mol. The highest BCUT2D eigenvalue weighted by Gasteiger charge is 2.00. The number of thiazole rings is 1. The number of aryl methyl sites for hydroxylation is 1. The highest BCUT2D eigenvalue weighted by molar-refractivity contribution is 7.09. The first-order valence-electron chi connectivity index (χ1n) is 3.98. The molecule has 0 aliphatic rings. The maximum absolute atomic E-state index is 4.17. The van der Waals surface area contributed by atoms with Crippen LogP contribution in [0.3, 0.4) is 0 Å². The van der Waals surface area contributed by atoms with Gasteiger partial charge in [0.1, 0.15) is 0 Å². The first-order valence-corrected chi connectivity index (χ1v) is 4.86. The Morgan fingerprint density at radius 1 is 1.62 bits per heavy atom. The van der Waals surface area contributed by atoms with Crippen molar-refractivity contribution in [3.63, 3.8) is 0 Å². The second-order valence-corrected chi connectivity index (χ2v) is 3.64. The molecule has 0 amide bonds. The zero-order chi connectivity index (χ0) is 9.10. The number of hydrogen-bond donors (Lipinski definition) is 2. The van der Waals surface area contributed by atoms with E-state index in [1.807, 2.05) is 18.6 Å². The molecule has 2 N–H and O–H groups in total. The number of nitrogens with zero attached hydrogens (tertiary/aromatic N) is 2. The number of aromatic amines is 1. The summed E-state index contributed by atoms with van der Waals surface area (Å²) < 4.78 is 0. The topological polar surface area (TPSA) is 53.6 Å². The number of anilines is 1. The van der Waals surface area contributed by atoms with Crippen LogP contribution in [-0.4, -0.2) is 15.2 Å². The Morgan fingerprint density at radius 2 is 2.54 bits per heavy atom. The van der Waals surface area contributed by atoms with E-state index in [2.05, 4.69) is 20.5 Å². The number of hydrogen-bond acceptors (Lipinski definition) is 4. The van der Waals surface area contributed by atoms with E-state index in [-0.39, 0.29) is 0 Å². The van der Waals surface area contributed by atoms with Crippen LogP contribution in [0.4, 0.5) is 5.69 Å². The van der Waals surface area contributed by atoms with Crippen LogP contribution < -0.4 is 5.32 Å². The number of nitrogens with one attached hydrogen (secondary N) is 2. The Labute approximate surface area is 80.0 Å². The molecule has 68 valence electrons. The molecular formula is C8H10N4S. The van der Waals surface area contributed by atoms with Gasteiger partial charge in [0.15, 0.2) is 0 Å². The molecule has 0 bridgehead atoms. The first kappa shape index (κ1) is 8.25. The smallest absolute Gasteiger partial charge is 0.0798 e. The minimum atomic E-state index is 0.816. The predicted octanol–water partition coefficient (Wildman–Crippen LogP) is 1.79. The Bertz CT molecular complexity index is 365. The van der Waals surface area contributed by atoms with Gasteiger partial charge < -0.3 is 5.32 Å². The summed E-state index contributed by atoms with van der Waals surface area (Å²) in [6.45, 7) is 2.83. The fourth-order valence-corrected chi connectivity index (χ4v) is 1.74. The normalized spacial score (nSPS) is 10.2. The fraction of sp³-hybridized carbons (Fsp3) is 0.250. The highest BCUT2D eigenvalue weighted by atomic mass is 32.1. The molecule has 2 heterocycles. The Kier molecular flexibility index (Phi) is 2.27. The summed E-state index contributed by atoms with van der Waals surface area (Å²) in [6, 6.07) is 0.